The highest BCUT2D eigenvalue weighted by Gasteiger charge is 2.38. The minimum Gasteiger partial charge on any atom is -0.308 e. The molecular weight excluding hydrogens is 239 g/mol. The molecule has 1 unspecified atom stereocenters. The second-order valence-electron chi connectivity index (χ2n) is 5.87. The molecule has 0 aliphatic heterocycles. The summed E-state index contributed by atoms with van der Waals surface area (Å²) in [4.78, 5) is 2.34. The molecule has 0 bridgehead atoms. The Labute approximate surface area is 116 Å². The number of nitrogens with one attached hydrogen (secondary N) is 1. The van der Waals surface area contributed by atoms with Crippen LogP contribution >= 0.6 is 0 Å². The lowest BCUT2D eigenvalue weighted by Crippen LogP contribution is -2.56. The highest BCUT2D eigenvalue weighted by atomic mass is 19.1. The van der Waals surface area contributed by atoms with Crippen LogP contribution in [-0.2, 0) is 0 Å². The number of halogens is 1. The SMILES string of the molecule is CCC(NCC1(N(C)C)CCC1)c1cccc(F)c1. The van der Waals surface area contributed by atoms with Crippen LogP contribution in [-0.4, -0.2) is 31.1 Å². The molecule has 0 spiro atoms. The number of nitrogens with zero attached hydrogens (tertiary/aromatic N) is 1. The quantitative estimate of drug-likeness (QED) is 0.847. The maximum absolute atomic E-state index is 13.3. The molecule has 1 fully saturated rings. The third-order valence-corrected chi connectivity index (χ3v) is 4.57. The van der Waals surface area contributed by atoms with Gasteiger partial charge in [0.15, 0.2) is 0 Å². The molecule has 0 aromatic heterocycles. The predicted molar refractivity (Wildman–Crippen MR) is 77.7 cm³/mol. The van der Waals surface area contributed by atoms with Gasteiger partial charge in [0.05, 0.1) is 0 Å². The number of rotatable bonds is 6. The first-order valence-electron chi connectivity index (χ1n) is 7.24. The highest BCUT2D eigenvalue weighted by molar-refractivity contribution is 5.20. The van der Waals surface area contributed by atoms with Gasteiger partial charge in [0.1, 0.15) is 5.82 Å². The highest BCUT2D eigenvalue weighted by Crippen LogP contribution is 2.36. The van der Waals surface area contributed by atoms with E-state index in [0.717, 1.165) is 18.5 Å². The first-order chi connectivity index (χ1) is 9.07. The number of benzene rings is 1. The van der Waals surface area contributed by atoms with Crippen molar-refractivity contribution in [1.82, 2.24) is 10.2 Å². The van der Waals surface area contributed by atoms with Crippen molar-refractivity contribution in [2.75, 3.05) is 20.6 Å². The molecule has 1 aliphatic carbocycles. The standard InChI is InChI=1S/C16H25FN2/c1-4-15(13-7-5-8-14(17)11-13)18-12-16(19(2)3)9-6-10-16/h5,7-8,11,15,18H,4,6,9-10,12H2,1-3H3. The molecule has 2 rings (SSSR count). The predicted octanol–water partition coefficient (Wildman–Crippen LogP) is 3.35. The summed E-state index contributed by atoms with van der Waals surface area (Å²) >= 11 is 0. The molecule has 2 nitrogen and oxygen atoms in total. The van der Waals surface area contributed by atoms with Crippen molar-refractivity contribution in [2.45, 2.75) is 44.2 Å². The van der Waals surface area contributed by atoms with E-state index in [1.54, 1.807) is 12.1 Å². The van der Waals surface area contributed by atoms with Gasteiger partial charge in [-0.2, -0.15) is 0 Å². The summed E-state index contributed by atoms with van der Waals surface area (Å²) in [5.41, 5.74) is 1.36. The zero-order valence-electron chi connectivity index (χ0n) is 12.2. The van der Waals surface area contributed by atoms with Crippen LogP contribution in [0.5, 0.6) is 0 Å². The summed E-state index contributed by atoms with van der Waals surface area (Å²) in [6, 6.07) is 7.19. The Balaban J connectivity index is 2.00. The molecule has 19 heavy (non-hydrogen) atoms. The molecule has 1 saturated carbocycles. The molecule has 106 valence electrons. The van der Waals surface area contributed by atoms with Crippen LogP contribution in [0.4, 0.5) is 4.39 Å². The summed E-state index contributed by atoms with van der Waals surface area (Å²) in [6.07, 6.45) is 4.81. The summed E-state index contributed by atoms with van der Waals surface area (Å²) in [7, 11) is 4.31. The van der Waals surface area contributed by atoms with Crippen LogP contribution < -0.4 is 5.32 Å². The van der Waals surface area contributed by atoms with Crippen LogP contribution in [0.15, 0.2) is 24.3 Å². The van der Waals surface area contributed by atoms with Gasteiger partial charge in [-0.1, -0.05) is 19.1 Å². The molecule has 0 saturated heterocycles. The van der Waals surface area contributed by atoms with Gasteiger partial charge in [0.2, 0.25) is 0 Å². The van der Waals surface area contributed by atoms with Crippen molar-refractivity contribution in [1.29, 1.82) is 0 Å². The molecular formula is C16H25FN2. The summed E-state index contributed by atoms with van der Waals surface area (Å²) < 4.78 is 13.3. The first-order valence-corrected chi connectivity index (χ1v) is 7.24. The van der Waals surface area contributed by atoms with Crippen LogP contribution in [0.25, 0.3) is 0 Å². The van der Waals surface area contributed by atoms with Crippen molar-refractivity contribution >= 4 is 0 Å². The zero-order chi connectivity index (χ0) is 13.9. The monoisotopic (exact) mass is 264 g/mol. The minimum absolute atomic E-state index is 0.149. The lowest BCUT2D eigenvalue weighted by Gasteiger charge is -2.48. The average molecular weight is 264 g/mol. The van der Waals surface area contributed by atoms with Crippen molar-refractivity contribution < 1.29 is 4.39 Å². The van der Waals surface area contributed by atoms with Gasteiger partial charge >= 0.3 is 0 Å². The molecule has 1 atom stereocenters. The fourth-order valence-electron chi connectivity index (χ4n) is 2.90. The van der Waals surface area contributed by atoms with Crippen LogP contribution in [0.1, 0.15) is 44.2 Å². The molecule has 1 aromatic rings. The Morgan fingerprint density at radius 1 is 1.37 bits per heavy atom. The van der Waals surface area contributed by atoms with E-state index in [2.05, 4.69) is 31.2 Å². The smallest absolute Gasteiger partial charge is 0.123 e. The van der Waals surface area contributed by atoms with E-state index in [1.165, 1.54) is 25.3 Å². The minimum atomic E-state index is -0.149. The Kier molecular flexibility index (Phi) is 4.58. The molecule has 0 amide bonds. The lowest BCUT2D eigenvalue weighted by atomic mass is 9.75. The average Bonchev–Trinajstić information content (AvgIpc) is 2.32. The summed E-state index contributed by atoms with van der Waals surface area (Å²) in [6.45, 7) is 3.13. The Morgan fingerprint density at radius 2 is 2.11 bits per heavy atom. The van der Waals surface area contributed by atoms with Gasteiger partial charge in [0.25, 0.3) is 0 Å². The summed E-state index contributed by atoms with van der Waals surface area (Å²) in [5.74, 6) is -0.149. The van der Waals surface area contributed by atoms with Gasteiger partial charge in [-0.3, -0.25) is 0 Å². The van der Waals surface area contributed by atoms with Crippen LogP contribution in [0.2, 0.25) is 0 Å². The molecule has 1 aliphatic rings. The lowest BCUT2D eigenvalue weighted by molar-refractivity contribution is 0.0569. The van der Waals surface area contributed by atoms with E-state index in [1.807, 2.05) is 6.07 Å². The van der Waals surface area contributed by atoms with E-state index in [0.29, 0.717) is 5.54 Å². The Morgan fingerprint density at radius 3 is 2.58 bits per heavy atom. The summed E-state index contributed by atoms with van der Waals surface area (Å²) in [5, 5.41) is 3.63. The Bertz CT molecular complexity index is 413. The maximum Gasteiger partial charge on any atom is 0.123 e. The topological polar surface area (TPSA) is 15.3 Å². The van der Waals surface area contributed by atoms with Gasteiger partial charge in [0, 0.05) is 18.1 Å². The third-order valence-electron chi connectivity index (χ3n) is 4.57. The van der Waals surface area contributed by atoms with Gasteiger partial charge < -0.3 is 10.2 Å². The number of hydrogen-bond acceptors (Lipinski definition) is 2. The molecule has 1 N–H and O–H groups in total. The normalized spacial score (nSPS) is 19.2. The van der Waals surface area contributed by atoms with Crippen molar-refractivity contribution in [3.63, 3.8) is 0 Å². The van der Waals surface area contributed by atoms with Crippen molar-refractivity contribution in [3.05, 3.63) is 35.6 Å². The second-order valence-corrected chi connectivity index (χ2v) is 5.87. The largest absolute Gasteiger partial charge is 0.308 e. The van der Waals surface area contributed by atoms with E-state index in [4.69, 9.17) is 0 Å². The van der Waals surface area contributed by atoms with E-state index in [-0.39, 0.29) is 11.9 Å². The first kappa shape index (κ1) is 14.5. The van der Waals surface area contributed by atoms with Gasteiger partial charge in [-0.25, -0.2) is 4.39 Å². The molecule has 0 heterocycles. The van der Waals surface area contributed by atoms with Crippen molar-refractivity contribution in [2.24, 2.45) is 0 Å². The van der Waals surface area contributed by atoms with E-state index < -0.39 is 0 Å². The number of likely N-dealkylation sites (N-methyl/N-ethyl adjacent to an activating group) is 1. The maximum atomic E-state index is 13.3. The second kappa shape index (κ2) is 6.02. The fourth-order valence-corrected chi connectivity index (χ4v) is 2.90. The van der Waals surface area contributed by atoms with Crippen molar-refractivity contribution in [3.8, 4) is 0 Å². The van der Waals surface area contributed by atoms with E-state index in [9.17, 15) is 4.39 Å². The zero-order valence-corrected chi connectivity index (χ0v) is 12.2. The van der Waals surface area contributed by atoms with Crippen LogP contribution in [0, 0.1) is 5.82 Å². The molecule has 1 aromatic carbocycles. The van der Waals surface area contributed by atoms with Gasteiger partial charge in [-0.15, -0.1) is 0 Å². The van der Waals surface area contributed by atoms with E-state index >= 15 is 0 Å². The van der Waals surface area contributed by atoms with Crippen LogP contribution in [0.3, 0.4) is 0 Å². The van der Waals surface area contributed by atoms with Gasteiger partial charge in [-0.05, 0) is 57.5 Å². The third kappa shape index (κ3) is 3.15. The Hall–Kier alpha value is -0.930. The molecule has 3 heteroatoms. The number of hydrogen-bond donors (Lipinski definition) is 1. The fraction of sp³-hybridized carbons (Fsp3) is 0.625. The molecule has 0 radical (unpaired) electrons.